The van der Waals surface area contributed by atoms with Gasteiger partial charge < -0.3 is 14.8 Å². The summed E-state index contributed by atoms with van der Waals surface area (Å²) >= 11 is 6.15. The van der Waals surface area contributed by atoms with Crippen LogP contribution in [0.5, 0.6) is 5.88 Å². The summed E-state index contributed by atoms with van der Waals surface area (Å²) in [6.45, 7) is 1.22. The van der Waals surface area contributed by atoms with Crippen molar-refractivity contribution in [1.82, 2.24) is 4.98 Å². The molecule has 1 aliphatic rings. The van der Waals surface area contributed by atoms with E-state index in [2.05, 4.69) is 10.3 Å². The molecule has 0 aliphatic carbocycles. The molecule has 1 fully saturated rings. The Hall–Kier alpha value is -2.11. The molecule has 1 unspecified atom stereocenters. The normalized spacial score (nSPS) is 17.2. The Kier molecular flexibility index (Phi) is 4.56. The van der Waals surface area contributed by atoms with E-state index < -0.39 is 0 Å². The molecule has 22 heavy (non-hydrogen) atoms. The quantitative estimate of drug-likeness (QED) is 0.940. The average molecular weight is 319 g/mol. The van der Waals surface area contributed by atoms with Crippen LogP contribution >= 0.6 is 11.6 Å². The SMILES string of the molecule is O=C(Nc1ccccc1)c1cnc(OC2CCOC2)c(Cl)c1. The molecule has 6 heteroatoms. The predicted octanol–water partition coefficient (Wildman–Crippen LogP) is 3.16. The monoisotopic (exact) mass is 318 g/mol. The third-order valence-electron chi connectivity index (χ3n) is 3.27. The van der Waals surface area contributed by atoms with Gasteiger partial charge >= 0.3 is 0 Å². The number of halogens is 1. The number of nitrogens with zero attached hydrogens (tertiary/aromatic N) is 1. The fraction of sp³-hybridized carbons (Fsp3) is 0.250. The number of hydrogen-bond acceptors (Lipinski definition) is 4. The van der Waals surface area contributed by atoms with Crippen molar-refractivity contribution in [3.63, 3.8) is 0 Å². The van der Waals surface area contributed by atoms with Crippen LogP contribution in [-0.2, 0) is 4.74 Å². The maximum atomic E-state index is 12.2. The molecule has 1 N–H and O–H groups in total. The molecule has 0 radical (unpaired) electrons. The van der Waals surface area contributed by atoms with E-state index in [9.17, 15) is 4.79 Å². The molecule has 114 valence electrons. The number of para-hydroxylation sites is 1. The van der Waals surface area contributed by atoms with Gasteiger partial charge in [-0.25, -0.2) is 4.98 Å². The van der Waals surface area contributed by atoms with Gasteiger partial charge in [0, 0.05) is 18.3 Å². The van der Waals surface area contributed by atoms with Crippen LogP contribution in [0.3, 0.4) is 0 Å². The summed E-state index contributed by atoms with van der Waals surface area (Å²) in [5.74, 6) is 0.0600. The summed E-state index contributed by atoms with van der Waals surface area (Å²) in [5, 5.41) is 3.09. The summed E-state index contributed by atoms with van der Waals surface area (Å²) in [4.78, 5) is 16.3. The van der Waals surface area contributed by atoms with E-state index in [4.69, 9.17) is 21.1 Å². The van der Waals surface area contributed by atoms with E-state index in [-0.39, 0.29) is 12.0 Å². The van der Waals surface area contributed by atoms with E-state index in [1.807, 2.05) is 30.3 Å². The van der Waals surface area contributed by atoms with Crippen LogP contribution in [0.15, 0.2) is 42.6 Å². The number of pyridine rings is 1. The Morgan fingerprint density at radius 1 is 1.36 bits per heavy atom. The van der Waals surface area contributed by atoms with Gasteiger partial charge in [-0.3, -0.25) is 4.79 Å². The lowest BCUT2D eigenvalue weighted by molar-refractivity contribution is 0.102. The van der Waals surface area contributed by atoms with Gasteiger partial charge in [-0.05, 0) is 18.2 Å². The largest absolute Gasteiger partial charge is 0.471 e. The number of aromatic nitrogens is 1. The number of carbonyl (C=O) groups is 1. The van der Waals surface area contributed by atoms with Gasteiger partial charge in [0.2, 0.25) is 5.88 Å². The number of anilines is 1. The van der Waals surface area contributed by atoms with Crippen molar-refractivity contribution in [2.75, 3.05) is 18.5 Å². The second-order valence-electron chi connectivity index (χ2n) is 4.93. The van der Waals surface area contributed by atoms with E-state index in [0.717, 1.165) is 6.42 Å². The summed E-state index contributed by atoms with van der Waals surface area (Å²) in [7, 11) is 0. The second-order valence-corrected chi connectivity index (χ2v) is 5.34. The molecular formula is C16H15ClN2O3. The molecular weight excluding hydrogens is 304 g/mol. The first-order chi connectivity index (χ1) is 10.7. The van der Waals surface area contributed by atoms with Gasteiger partial charge in [-0.1, -0.05) is 29.8 Å². The first-order valence-corrected chi connectivity index (χ1v) is 7.36. The molecule has 0 bridgehead atoms. The summed E-state index contributed by atoms with van der Waals surface area (Å²) in [6.07, 6.45) is 2.23. The molecule has 2 heterocycles. The molecule has 2 aromatic rings. The Balaban J connectivity index is 1.69. The van der Waals surface area contributed by atoms with Crippen LogP contribution in [0.2, 0.25) is 5.02 Å². The average Bonchev–Trinajstić information content (AvgIpc) is 3.03. The number of ether oxygens (including phenoxy) is 2. The fourth-order valence-electron chi connectivity index (χ4n) is 2.12. The van der Waals surface area contributed by atoms with E-state index in [1.54, 1.807) is 6.07 Å². The van der Waals surface area contributed by atoms with Crippen LogP contribution in [0.25, 0.3) is 0 Å². The number of nitrogens with one attached hydrogen (secondary N) is 1. The highest BCUT2D eigenvalue weighted by molar-refractivity contribution is 6.32. The molecule has 1 aromatic heterocycles. The van der Waals surface area contributed by atoms with E-state index >= 15 is 0 Å². The van der Waals surface area contributed by atoms with Gasteiger partial charge in [0.05, 0.1) is 18.8 Å². The summed E-state index contributed by atoms with van der Waals surface area (Å²) in [5.41, 5.74) is 1.09. The Labute approximate surface area is 133 Å². The molecule has 1 saturated heterocycles. The molecule has 1 atom stereocenters. The maximum Gasteiger partial charge on any atom is 0.257 e. The van der Waals surface area contributed by atoms with Crippen molar-refractivity contribution in [3.8, 4) is 5.88 Å². The van der Waals surface area contributed by atoms with Crippen molar-refractivity contribution < 1.29 is 14.3 Å². The highest BCUT2D eigenvalue weighted by Crippen LogP contribution is 2.25. The lowest BCUT2D eigenvalue weighted by Crippen LogP contribution is -2.17. The lowest BCUT2D eigenvalue weighted by atomic mass is 10.2. The van der Waals surface area contributed by atoms with Crippen molar-refractivity contribution in [3.05, 3.63) is 53.2 Å². The molecule has 1 aromatic carbocycles. The molecule has 1 aliphatic heterocycles. The first kappa shape index (κ1) is 14.8. The first-order valence-electron chi connectivity index (χ1n) is 6.99. The smallest absolute Gasteiger partial charge is 0.257 e. The molecule has 1 amide bonds. The van der Waals surface area contributed by atoms with Crippen molar-refractivity contribution in [2.24, 2.45) is 0 Å². The zero-order chi connectivity index (χ0) is 15.4. The number of benzene rings is 1. The predicted molar refractivity (Wildman–Crippen MR) is 83.5 cm³/mol. The van der Waals surface area contributed by atoms with Crippen LogP contribution < -0.4 is 10.1 Å². The van der Waals surface area contributed by atoms with Gasteiger partial charge in [-0.2, -0.15) is 0 Å². The Bertz CT molecular complexity index is 658. The minimum absolute atomic E-state index is 0.0333. The Morgan fingerprint density at radius 2 is 2.18 bits per heavy atom. The standard InChI is InChI=1S/C16H15ClN2O3/c17-14-8-11(15(20)19-12-4-2-1-3-5-12)9-18-16(14)22-13-6-7-21-10-13/h1-5,8-9,13H,6-7,10H2,(H,19,20). The van der Waals surface area contributed by atoms with Crippen molar-refractivity contribution in [2.45, 2.75) is 12.5 Å². The fourth-order valence-corrected chi connectivity index (χ4v) is 2.34. The molecule has 0 saturated carbocycles. The van der Waals surface area contributed by atoms with Crippen molar-refractivity contribution in [1.29, 1.82) is 0 Å². The number of carbonyl (C=O) groups excluding carboxylic acids is 1. The molecule has 3 rings (SSSR count). The topological polar surface area (TPSA) is 60.5 Å². The van der Waals surface area contributed by atoms with Crippen LogP contribution in [0, 0.1) is 0 Å². The van der Waals surface area contributed by atoms with Crippen LogP contribution in [0.1, 0.15) is 16.8 Å². The van der Waals surface area contributed by atoms with Crippen molar-refractivity contribution >= 4 is 23.2 Å². The summed E-state index contributed by atoms with van der Waals surface area (Å²) in [6, 6.07) is 10.8. The molecule has 0 spiro atoms. The van der Waals surface area contributed by atoms with E-state index in [0.29, 0.717) is 35.4 Å². The highest BCUT2D eigenvalue weighted by atomic mass is 35.5. The minimum atomic E-state index is -0.267. The zero-order valence-electron chi connectivity index (χ0n) is 11.8. The summed E-state index contributed by atoms with van der Waals surface area (Å²) < 4.78 is 10.9. The van der Waals surface area contributed by atoms with Gasteiger partial charge in [0.1, 0.15) is 11.1 Å². The van der Waals surface area contributed by atoms with Crippen LogP contribution in [-0.4, -0.2) is 30.2 Å². The van der Waals surface area contributed by atoms with Gasteiger partial charge in [-0.15, -0.1) is 0 Å². The number of rotatable bonds is 4. The lowest BCUT2D eigenvalue weighted by Gasteiger charge is -2.12. The third kappa shape index (κ3) is 3.55. The van der Waals surface area contributed by atoms with Crippen LogP contribution in [0.4, 0.5) is 5.69 Å². The minimum Gasteiger partial charge on any atom is -0.471 e. The zero-order valence-corrected chi connectivity index (χ0v) is 12.5. The number of hydrogen-bond donors (Lipinski definition) is 1. The Morgan fingerprint density at radius 3 is 2.86 bits per heavy atom. The highest BCUT2D eigenvalue weighted by Gasteiger charge is 2.20. The maximum absolute atomic E-state index is 12.2. The second kappa shape index (κ2) is 6.77. The third-order valence-corrected chi connectivity index (χ3v) is 3.54. The molecule has 5 nitrogen and oxygen atoms in total. The van der Waals surface area contributed by atoms with Gasteiger partial charge in [0.15, 0.2) is 0 Å². The number of amides is 1. The van der Waals surface area contributed by atoms with E-state index in [1.165, 1.54) is 6.20 Å². The van der Waals surface area contributed by atoms with Gasteiger partial charge in [0.25, 0.3) is 5.91 Å².